The number of benzene rings is 2. The summed E-state index contributed by atoms with van der Waals surface area (Å²) in [4.78, 5) is 25.3. The first kappa shape index (κ1) is 19.4. The van der Waals surface area contributed by atoms with Crippen LogP contribution in [0, 0.1) is 13.8 Å². The number of hydrogen-bond acceptors (Lipinski definition) is 5. The van der Waals surface area contributed by atoms with E-state index in [-0.39, 0.29) is 22.7 Å². The molecule has 2 heterocycles. The first-order valence-electron chi connectivity index (χ1n) is 8.90. The van der Waals surface area contributed by atoms with Gasteiger partial charge in [-0.25, -0.2) is 0 Å². The lowest BCUT2D eigenvalue weighted by molar-refractivity contribution is 0.102. The molecule has 0 saturated heterocycles. The van der Waals surface area contributed by atoms with Gasteiger partial charge in [0.05, 0.1) is 11.4 Å². The van der Waals surface area contributed by atoms with Crippen molar-refractivity contribution in [3.8, 4) is 5.69 Å². The Hall–Kier alpha value is -2.90. The van der Waals surface area contributed by atoms with Crippen LogP contribution in [0.1, 0.15) is 21.5 Å². The van der Waals surface area contributed by atoms with Crippen molar-refractivity contribution in [2.24, 2.45) is 0 Å². The molecule has 0 amide bonds. The Kier molecular flexibility index (Phi) is 5.25. The molecule has 8 heteroatoms. The van der Waals surface area contributed by atoms with Gasteiger partial charge < -0.3 is 0 Å². The highest BCUT2D eigenvalue weighted by atomic mass is 35.5. The quantitative estimate of drug-likeness (QED) is 0.356. The lowest BCUT2D eigenvalue weighted by Gasteiger charge is -2.10. The standard InChI is InChI=1S/C21H17ClN4O2S/c1-13-6-8-15(9-7-13)18(27)12-29-21-24-23-19-20(28)25(10-11-26(19)21)17-5-3-4-16(22)14(17)2/h3-11H,12H2,1-2H3. The summed E-state index contributed by atoms with van der Waals surface area (Å²) < 4.78 is 3.10. The second-order valence-corrected chi connectivity index (χ2v) is 7.96. The molecule has 0 atom stereocenters. The lowest BCUT2D eigenvalue weighted by Crippen LogP contribution is -2.21. The maximum Gasteiger partial charge on any atom is 0.300 e. The van der Waals surface area contributed by atoms with Crippen LogP contribution in [-0.4, -0.2) is 30.7 Å². The summed E-state index contributed by atoms with van der Waals surface area (Å²) in [5, 5.41) is 9.21. The van der Waals surface area contributed by atoms with Crippen molar-refractivity contribution in [1.82, 2.24) is 19.2 Å². The van der Waals surface area contributed by atoms with Gasteiger partial charge in [-0.15, -0.1) is 10.2 Å². The maximum absolute atomic E-state index is 12.9. The van der Waals surface area contributed by atoms with E-state index in [0.717, 1.165) is 11.1 Å². The molecule has 146 valence electrons. The van der Waals surface area contributed by atoms with Crippen LogP contribution in [0.25, 0.3) is 11.3 Å². The molecule has 0 saturated carbocycles. The van der Waals surface area contributed by atoms with Crippen LogP contribution in [0.5, 0.6) is 0 Å². The molecule has 0 aliphatic heterocycles. The number of carbonyl (C=O) groups is 1. The minimum atomic E-state index is -0.304. The zero-order valence-corrected chi connectivity index (χ0v) is 17.4. The molecule has 4 rings (SSSR count). The third kappa shape index (κ3) is 3.71. The lowest BCUT2D eigenvalue weighted by atomic mass is 10.1. The van der Waals surface area contributed by atoms with E-state index in [0.29, 0.717) is 21.4 Å². The number of carbonyl (C=O) groups excluding carboxylic acids is 1. The number of hydrogen-bond donors (Lipinski definition) is 0. The van der Waals surface area contributed by atoms with E-state index in [4.69, 9.17) is 11.6 Å². The highest BCUT2D eigenvalue weighted by Gasteiger charge is 2.15. The third-order valence-electron chi connectivity index (χ3n) is 4.64. The van der Waals surface area contributed by atoms with Crippen molar-refractivity contribution in [3.05, 3.63) is 86.9 Å². The first-order chi connectivity index (χ1) is 14.0. The van der Waals surface area contributed by atoms with Gasteiger partial charge >= 0.3 is 5.56 Å². The number of ketones is 1. The van der Waals surface area contributed by atoms with Crippen molar-refractivity contribution in [1.29, 1.82) is 0 Å². The van der Waals surface area contributed by atoms with Crippen molar-refractivity contribution >= 4 is 34.8 Å². The Morgan fingerprint density at radius 3 is 2.59 bits per heavy atom. The van der Waals surface area contributed by atoms with Crippen molar-refractivity contribution < 1.29 is 4.79 Å². The van der Waals surface area contributed by atoms with Crippen LogP contribution < -0.4 is 5.56 Å². The molecule has 0 fully saturated rings. The van der Waals surface area contributed by atoms with E-state index in [2.05, 4.69) is 10.2 Å². The Morgan fingerprint density at radius 1 is 1.07 bits per heavy atom. The summed E-state index contributed by atoms with van der Waals surface area (Å²) in [6, 6.07) is 12.8. The number of nitrogens with zero attached hydrogens (tertiary/aromatic N) is 4. The van der Waals surface area contributed by atoms with Gasteiger partial charge in [-0.3, -0.25) is 18.6 Å². The summed E-state index contributed by atoms with van der Waals surface area (Å²) in [6.45, 7) is 3.83. The van der Waals surface area contributed by atoms with E-state index >= 15 is 0 Å². The topological polar surface area (TPSA) is 69.3 Å². The average molecular weight is 425 g/mol. The zero-order chi connectivity index (χ0) is 20.5. The molecular weight excluding hydrogens is 408 g/mol. The normalized spacial score (nSPS) is 11.1. The minimum absolute atomic E-state index is 0.00496. The van der Waals surface area contributed by atoms with Gasteiger partial charge in [0, 0.05) is 23.0 Å². The minimum Gasteiger partial charge on any atom is -0.293 e. The van der Waals surface area contributed by atoms with E-state index in [1.165, 1.54) is 16.3 Å². The predicted octanol–water partition coefficient (Wildman–Crippen LogP) is 4.13. The van der Waals surface area contributed by atoms with Crippen molar-refractivity contribution in [3.63, 3.8) is 0 Å². The Labute approximate surface area is 176 Å². The van der Waals surface area contributed by atoms with Gasteiger partial charge in [0.25, 0.3) is 0 Å². The maximum atomic E-state index is 12.9. The van der Waals surface area contributed by atoms with Crippen molar-refractivity contribution in [2.45, 2.75) is 19.0 Å². The Balaban J connectivity index is 1.62. The summed E-state index contributed by atoms with van der Waals surface area (Å²) in [5.74, 6) is 0.204. The number of aromatic nitrogens is 4. The van der Waals surface area contributed by atoms with Gasteiger partial charge in [-0.1, -0.05) is 59.3 Å². The number of aryl methyl sites for hydroxylation is 1. The predicted molar refractivity (Wildman–Crippen MR) is 115 cm³/mol. The van der Waals surface area contributed by atoms with Crippen molar-refractivity contribution in [2.75, 3.05) is 5.75 Å². The number of fused-ring (bicyclic) bond motifs is 1. The van der Waals surface area contributed by atoms with Crippen LogP contribution >= 0.6 is 23.4 Å². The molecule has 0 aliphatic carbocycles. The van der Waals surface area contributed by atoms with Crippen LogP contribution in [0.2, 0.25) is 5.02 Å². The molecular formula is C21H17ClN4O2S. The summed E-state index contributed by atoms with van der Waals surface area (Å²) >= 11 is 7.43. The molecule has 4 aromatic rings. The average Bonchev–Trinajstić information content (AvgIpc) is 3.13. The number of thioether (sulfide) groups is 1. The fraction of sp³-hybridized carbons (Fsp3) is 0.143. The van der Waals surface area contributed by atoms with E-state index in [1.807, 2.05) is 44.2 Å². The summed E-state index contributed by atoms with van der Waals surface area (Å²) in [6.07, 6.45) is 3.37. The fourth-order valence-corrected chi connectivity index (χ4v) is 3.95. The van der Waals surface area contributed by atoms with Crippen LogP contribution in [0.4, 0.5) is 0 Å². The third-order valence-corrected chi connectivity index (χ3v) is 6.00. The van der Waals surface area contributed by atoms with Crippen LogP contribution in [0.15, 0.2) is 64.8 Å². The van der Waals surface area contributed by atoms with E-state index in [1.54, 1.807) is 28.9 Å². The molecule has 0 N–H and O–H groups in total. The smallest absolute Gasteiger partial charge is 0.293 e. The number of Topliss-reactive ketones (excluding diaryl/α,β-unsaturated/α-hetero) is 1. The molecule has 0 bridgehead atoms. The fourth-order valence-electron chi connectivity index (χ4n) is 2.96. The first-order valence-corrected chi connectivity index (χ1v) is 10.3. The number of halogens is 1. The van der Waals surface area contributed by atoms with Gasteiger partial charge in [-0.05, 0) is 31.5 Å². The SMILES string of the molecule is Cc1ccc(C(=O)CSc2nnc3c(=O)n(-c4cccc(Cl)c4C)ccn23)cc1. The molecule has 0 aliphatic rings. The molecule has 0 radical (unpaired) electrons. The number of rotatable bonds is 5. The largest absolute Gasteiger partial charge is 0.300 e. The monoisotopic (exact) mass is 424 g/mol. The molecule has 0 spiro atoms. The van der Waals surface area contributed by atoms with Gasteiger partial charge in [0.15, 0.2) is 10.9 Å². The van der Waals surface area contributed by atoms with Crippen LogP contribution in [-0.2, 0) is 0 Å². The second kappa shape index (κ2) is 7.85. The van der Waals surface area contributed by atoms with Gasteiger partial charge in [0.2, 0.25) is 5.65 Å². The Bertz CT molecular complexity index is 1280. The molecule has 6 nitrogen and oxygen atoms in total. The van der Waals surface area contributed by atoms with Gasteiger partial charge in [0.1, 0.15) is 0 Å². The second-order valence-electron chi connectivity index (χ2n) is 6.61. The highest BCUT2D eigenvalue weighted by molar-refractivity contribution is 7.99. The van der Waals surface area contributed by atoms with Crippen LogP contribution in [0.3, 0.4) is 0 Å². The molecule has 29 heavy (non-hydrogen) atoms. The molecule has 2 aromatic carbocycles. The summed E-state index contributed by atoms with van der Waals surface area (Å²) in [5.41, 5.74) is 3.13. The molecule has 2 aromatic heterocycles. The van der Waals surface area contributed by atoms with E-state index < -0.39 is 0 Å². The highest BCUT2D eigenvalue weighted by Crippen LogP contribution is 2.22. The zero-order valence-electron chi connectivity index (χ0n) is 15.8. The molecule has 0 unspecified atom stereocenters. The van der Waals surface area contributed by atoms with Gasteiger partial charge in [-0.2, -0.15) is 0 Å². The van der Waals surface area contributed by atoms with E-state index in [9.17, 15) is 9.59 Å². The summed E-state index contributed by atoms with van der Waals surface area (Å²) in [7, 11) is 0. The Morgan fingerprint density at radius 2 is 1.83 bits per heavy atom.